The van der Waals surface area contributed by atoms with Gasteiger partial charge in [0.25, 0.3) is 0 Å². The number of rotatable bonds is 5. The third-order valence-corrected chi connectivity index (χ3v) is 2.77. The molecule has 0 spiro atoms. The second-order valence-corrected chi connectivity index (χ2v) is 4.27. The van der Waals surface area contributed by atoms with Crippen LogP contribution in [0.2, 0.25) is 0 Å². The van der Waals surface area contributed by atoms with Gasteiger partial charge in [-0.15, -0.1) is 0 Å². The molecule has 22 heavy (non-hydrogen) atoms. The molecule has 0 amide bonds. The molecular weight excluding hydrogens is 485 g/mol. The summed E-state index contributed by atoms with van der Waals surface area (Å²) in [4.78, 5) is 22.9. The average molecular weight is 501 g/mol. The van der Waals surface area contributed by atoms with Crippen LogP contribution in [-0.2, 0) is 29.6 Å². The Balaban J connectivity index is 0.00000116. The third-order valence-electron chi connectivity index (χ3n) is 2.77. The molecule has 2 N–H and O–H groups in total. The van der Waals surface area contributed by atoms with E-state index in [1.54, 1.807) is 56.7 Å². The molecule has 0 unspecified atom stereocenters. The van der Waals surface area contributed by atoms with Crippen molar-refractivity contribution < 1.29 is 29.6 Å². The fourth-order valence-corrected chi connectivity index (χ4v) is 1.71. The fourth-order valence-electron chi connectivity index (χ4n) is 1.71. The Bertz CT molecular complexity index is 535. The summed E-state index contributed by atoms with van der Waals surface area (Å²) in [5, 5.41) is 6.12. The number of nitrogens with one attached hydrogen (secondary N) is 2. The first-order valence-corrected chi connectivity index (χ1v) is 9.22. The maximum atomic E-state index is 11.4. The summed E-state index contributed by atoms with van der Waals surface area (Å²) >= 11 is 1.75. The van der Waals surface area contributed by atoms with Crippen molar-refractivity contribution in [2.45, 2.75) is 0 Å². The fraction of sp³-hybridized carbons (Fsp3) is 0.125. The zero-order valence-electron chi connectivity index (χ0n) is 11.7. The normalized spacial score (nSPS) is 19.4. The van der Waals surface area contributed by atoms with Gasteiger partial charge in [-0.05, 0) is 24.3 Å². The summed E-state index contributed by atoms with van der Waals surface area (Å²) in [7, 11) is 4.58. The van der Waals surface area contributed by atoms with Crippen LogP contribution < -0.4 is 10.6 Å². The summed E-state index contributed by atoms with van der Waals surface area (Å²) < 4.78 is 0. The van der Waals surface area contributed by atoms with E-state index in [1.165, 1.54) is 12.2 Å². The zero-order valence-corrected chi connectivity index (χ0v) is 14.6. The van der Waals surface area contributed by atoms with Crippen molar-refractivity contribution in [3.63, 3.8) is 0 Å². The molecule has 0 fully saturated rings. The van der Waals surface area contributed by atoms with Crippen LogP contribution in [-0.4, -0.2) is 24.7 Å². The van der Waals surface area contributed by atoms with Crippen molar-refractivity contribution in [2.75, 3.05) is 13.1 Å². The van der Waals surface area contributed by atoms with E-state index in [2.05, 4.69) is 19.8 Å². The summed E-state index contributed by atoms with van der Waals surface area (Å²) in [5.74, 6) is -0.000363. The monoisotopic (exact) mass is 500 g/mol. The average Bonchev–Trinajstić information content (AvgIpc) is 2.56. The van der Waals surface area contributed by atoms with E-state index in [-0.39, 0.29) is 11.6 Å². The first kappa shape index (κ1) is 18.5. The molecule has 6 heteroatoms. The molecule has 0 aromatic carbocycles. The first-order chi connectivity index (χ1) is 10.8. The van der Waals surface area contributed by atoms with Gasteiger partial charge in [-0.3, -0.25) is 9.59 Å². The van der Waals surface area contributed by atoms with E-state index in [9.17, 15) is 9.59 Å². The predicted octanol–water partition coefficient (Wildman–Crippen LogP) is 2.01. The van der Waals surface area contributed by atoms with Crippen molar-refractivity contribution in [3.05, 3.63) is 72.2 Å². The number of halogens is 1. The molecule has 4 nitrogen and oxygen atoms in total. The first-order valence-electron chi connectivity index (χ1n) is 6.54. The molecule has 0 radical (unpaired) electrons. The van der Waals surface area contributed by atoms with Crippen LogP contribution in [0.3, 0.4) is 0 Å². The van der Waals surface area contributed by atoms with Gasteiger partial charge >= 0.3 is 29.2 Å². The van der Waals surface area contributed by atoms with Crippen molar-refractivity contribution >= 4 is 20.8 Å². The number of hydrogen-bond acceptors (Lipinski definition) is 4. The van der Waals surface area contributed by atoms with Gasteiger partial charge in [-0.2, -0.15) is 0 Å². The molecule has 0 aromatic heterocycles. The molecule has 0 saturated carbocycles. The molecule has 120 valence electrons. The van der Waals surface area contributed by atoms with Crippen LogP contribution in [0, 0.1) is 0 Å². The Labute approximate surface area is 146 Å². The minimum absolute atomic E-state index is 0.000182. The van der Waals surface area contributed by atoms with Crippen LogP contribution in [0.4, 0.5) is 0 Å². The summed E-state index contributed by atoms with van der Waals surface area (Å²) in [6.07, 6.45) is 17.1. The van der Waals surface area contributed by atoms with Crippen molar-refractivity contribution in [2.24, 2.45) is 0 Å². The topological polar surface area (TPSA) is 58.2 Å². The zero-order chi connectivity index (χ0) is 16.2. The van der Waals surface area contributed by atoms with Gasteiger partial charge in [0.1, 0.15) is 0 Å². The third kappa shape index (κ3) is 6.45. The van der Waals surface area contributed by atoms with E-state index < -0.39 is 0 Å². The van der Waals surface area contributed by atoms with E-state index in [0.29, 0.717) is 24.2 Å². The van der Waals surface area contributed by atoms with Crippen LogP contribution in [0.25, 0.3) is 0 Å². The molecule has 0 saturated heterocycles. The standard InChI is InChI=1S/C16H16N2O2.Au.ClH/c19-15-7-3-1-5-13(15)11-17-9-10-18-12-14-6-2-4-8-16(14)20;;/h1-8,11-12,17-18H,9-10H2;;1H/q;+1;/p-1/b13-11-,14-12-;;. The van der Waals surface area contributed by atoms with Gasteiger partial charge < -0.3 is 10.6 Å². The van der Waals surface area contributed by atoms with Gasteiger partial charge in [0.2, 0.25) is 0 Å². The van der Waals surface area contributed by atoms with Crippen LogP contribution in [0.1, 0.15) is 0 Å². The second kappa shape index (κ2) is 11.0. The molecular formula is C16H16AuClN2O2. The van der Waals surface area contributed by atoms with E-state index in [4.69, 9.17) is 0 Å². The second-order valence-electron chi connectivity index (χ2n) is 4.27. The number of allylic oxidation sites excluding steroid dienone is 10. The Hall–Kier alpha value is -1.59. The summed E-state index contributed by atoms with van der Waals surface area (Å²) in [6, 6.07) is 0. The molecule has 0 aliphatic heterocycles. The predicted molar refractivity (Wildman–Crippen MR) is 84.6 cm³/mol. The number of carbonyl (C=O) groups is 2. The summed E-state index contributed by atoms with van der Waals surface area (Å²) in [6.45, 7) is 1.32. The number of hydrogen-bond donors (Lipinski definition) is 2. The molecule has 0 heterocycles. The number of ketones is 2. The number of carbonyl (C=O) groups excluding carboxylic acids is 2. The molecule has 0 aromatic rings. The molecule has 0 atom stereocenters. The van der Waals surface area contributed by atoms with Crippen LogP contribution >= 0.6 is 9.19 Å². The van der Waals surface area contributed by atoms with Gasteiger partial charge in [-0.1, -0.05) is 24.3 Å². The maximum absolute atomic E-state index is 11.4. The van der Waals surface area contributed by atoms with Crippen molar-refractivity contribution in [3.8, 4) is 0 Å². The van der Waals surface area contributed by atoms with Gasteiger partial charge in [-0.25, -0.2) is 0 Å². The van der Waals surface area contributed by atoms with Gasteiger partial charge in [0.05, 0.1) is 0 Å². The Kier molecular flexibility index (Phi) is 9.26. The van der Waals surface area contributed by atoms with Crippen molar-refractivity contribution in [1.29, 1.82) is 0 Å². The Morgan fingerprint density at radius 1 is 0.773 bits per heavy atom. The Morgan fingerprint density at radius 3 is 1.50 bits per heavy atom. The SMILES string of the molecule is O=C1C=CC=C/C1=C/NCCN/C=C1/C=CC=CC1=O.[Cl][Au]. The van der Waals surface area contributed by atoms with E-state index in [1.807, 2.05) is 12.2 Å². The molecule has 2 aliphatic rings. The van der Waals surface area contributed by atoms with Crippen LogP contribution in [0.5, 0.6) is 0 Å². The van der Waals surface area contributed by atoms with Gasteiger partial charge in [0, 0.05) is 36.6 Å². The van der Waals surface area contributed by atoms with Gasteiger partial charge in [0.15, 0.2) is 11.6 Å². The molecule has 2 rings (SSSR count). The van der Waals surface area contributed by atoms with E-state index >= 15 is 0 Å². The Morgan fingerprint density at radius 2 is 1.14 bits per heavy atom. The minimum atomic E-state index is -0.000182. The quantitative estimate of drug-likeness (QED) is 0.345. The molecule has 2 aliphatic carbocycles. The van der Waals surface area contributed by atoms with E-state index in [0.717, 1.165) is 0 Å². The van der Waals surface area contributed by atoms with Crippen molar-refractivity contribution in [1.82, 2.24) is 10.6 Å². The summed E-state index contributed by atoms with van der Waals surface area (Å²) in [5.41, 5.74) is 1.28. The molecule has 0 bridgehead atoms. The van der Waals surface area contributed by atoms with Crippen LogP contribution in [0.15, 0.2) is 72.2 Å².